The number of rotatable bonds is 3. The monoisotopic (exact) mass is 401 g/mol. The summed E-state index contributed by atoms with van der Waals surface area (Å²) in [5.41, 5.74) is -0.0926. The maximum Gasteiger partial charge on any atom is 0.230 e. The van der Waals surface area contributed by atoms with E-state index in [-0.39, 0.29) is 15.7 Å². The van der Waals surface area contributed by atoms with Gasteiger partial charge in [-0.15, -0.1) is 11.6 Å². The minimum atomic E-state index is -3.36. The molecule has 0 radical (unpaired) electrons. The van der Waals surface area contributed by atoms with E-state index in [1.54, 1.807) is 0 Å². The molecular formula is C18H21Cl2NO3S. The van der Waals surface area contributed by atoms with Crippen LogP contribution in [0, 0.1) is 17.3 Å². The first kappa shape index (κ1) is 17.6. The zero-order chi connectivity index (χ0) is 18.0. The average Bonchev–Trinajstić information content (AvgIpc) is 2.45. The first-order valence-electron chi connectivity index (χ1n) is 8.59. The summed E-state index contributed by atoms with van der Waals surface area (Å²) in [4.78, 5) is 13.0. The van der Waals surface area contributed by atoms with Crippen molar-refractivity contribution in [2.45, 2.75) is 48.3 Å². The van der Waals surface area contributed by atoms with Crippen LogP contribution in [-0.2, 0) is 14.6 Å². The van der Waals surface area contributed by atoms with Crippen molar-refractivity contribution in [3.63, 3.8) is 0 Å². The molecule has 4 saturated carbocycles. The van der Waals surface area contributed by atoms with Crippen LogP contribution < -0.4 is 5.32 Å². The Kier molecular flexibility index (Phi) is 3.95. The predicted molar refractivity (Wildman–Crippen MR) is 98.9 cm³/mol. The van der Waals surface area contributed by atoms with Crippen LogP contribution >= 0.6 is 23.2 Å². The van der Waals surface area contributed by atoms with Crippen molar-refractivity contribution in [3.05, 3.63) is 23.2 Å². The maximum absolute atomic E-state index is 13.1. The number of benzene rings is 1. The van der Waals surface area contributed by atoms with Gasteiger partial charge in [-0.25, -0.2) is 8.42 Å². The minimum absolute atomic E-state index is 0.0702. The molecule has 7 heteroatoms. The molecule has 1 aromatic rings. The zero-order valence-corrected chi connectivity index (χ0v) is 16.3. The highest BCUT2D eigenvalue weighted by atomic mass is 35.5. The molecule has 4 bridgehead atoms. The van der Waals surface area contributed by atoms with Gasteiger partial charge < -0.3 is 5.32 Å². The fourth-order valence-corrected chi connectivity index (χ4v) is 7.01. The SMILES string of the molecule is CS(=O)(=O)c1ccc(Cl)c(NC(=O)C23C[C@H]4C[C@@H](CC(Cl)(C4)C2)C3)c1. The van der Waals surface area contributed by atoms with Crippen molar-refractivity contribution >= 4 is 44.6 Å². The smallest absolute Gasteiger partial charge is 0.230 e. The molecular weight excluding hydrogens is 381 g/mol. The Morgan fingerprint density at radius 2 is 1.84 bits per heavy atom. The number of alkyl halides is 1. The number of halogens is 2. The molecule has 0 aromatic heterocycles. The molecule has 1 amide bonds. The number of sulfone groups is 1. The van der Waals surface area contributed by atoms with Gasteiger partial charge in [0.2, 0.25) is 5.91 Å². The number of nitrogens with one attached hydrogen (secondary N) is 1. The highest BCUT2D eigenvalue weighted by Gasteiger charge is 2.60. The Hall–Kier alpha value is -0.780. The molecule has 2 atom stereocenters. The van der Waals surface area contributed by atoms with Crippen LogP contribution in [0.1, 0.15) is 38.5 Å². The van der Waals surface area contributed by atoms with Crippen LogP contribution in [0.2, 0.25) is 5.02 Å². The van der Waals surface area contributed by atoms with Crippen molar-refractivity contribution in [1.82, 2.24) is 0 Å². The first-order chi connectivity index (χ1) is 11.6. The molecule has 4 aliphatic carbocycles. The first-order valence-corrected chi connectivity index (χ1v) is 11.2. The van der Waals surface area contributed by atoms with Crippen molar-refractivity contribution < 1.29 is 13.2 Å². The topological polar surface area (TPSA) is 63.2 Å². The van der Waals surface area contributed by atoms with Crippen molar-refractivity contribution in [2.75, 3.05) is 11.6 Å². The lowest BCUT2D eigenvalue weighted by molar-refractivity contribution is -0.138. The van der Waals surface area contributed by atoms with E-state index in [1.165, 1.54) is 24.6 Å². The lowest BCUT2D eigenvalue weighted by Gasteiger charge is -2.59. The Bertz CT molecular complexity index is 838. The van der Waals surface area contributed by atoms with Gasteiger partial charge in [0.15, 0.2) is 9.84 Å². The van der Waals surface area contributed by atoms with Crippen LogP contribution in [0.4, 0.5) is 5.69 Å². The number of carbonyl (C=O) groups is 1. The average molecular weight is 402 g/mol. The third-order valence-electron chi connectivity index (χ3n) is 6.09. The van der Waals surface area contributed by atoms with Gasteiger partial charge in [-0.2, -0.15) is 0 Å². The van der Waals surface area contributed by atoms with Gasteiger partial charge in [-0.05, 0) is 68.6 Å². The fraction of sp³-hybridized carbons (Fsp3) is 0.611. The summed E-state index contributed by atoms with van der Waals surface area (Å²) in [6.45, 7) is 0. The number of carbonyl (C=O) groups excluding carboxylic acids is 1. The van der Waals surface area contributed by atoms with E-state index in [9.17, 15) is 13.2 Å². The number of amides is 1. The van der Waals surface area contributed by atoms with E-state index in [1.807, 2.05) is 0 Å². The van der Waals surface area contributed by atoms with Gasteiger partial charge >= 0.3 is 0 Å². The van der Waals surface area contributed by atoms with Crippen LogP contribution in [0.3, 0.4) is 0 Å². The van der Waals surface area contributed by atoms with Crippen molar-refractivity contribution in [2.24, 2.45) is 17.3 Å². The Labute approximate surface area is 158 Å². The molecule has 4 nitrogen and oxygen atoms in total. The largest absolute Gasteiger partial charge is 0.324 e. The molecule has 5 rings (SSSR count). The highest BCUT2D eigenvalue weighted by Crippen LogP contribution is 2.64. The van der Waals surface area contributed by atoms with Crippen molar-refractivity contribution in [3.8, 4) is 0 Å². The van der Waals surface area contributed by atoms with E-state index < -0.39 is 15.3 Å². The second-order valence-electron chi connectivity index (χ2n) is 8.26. The molecule has 1 N–H and O–H groups in total. The van der Waals surface area contributed by atoms with Crippen LogP contribution in [-0.4, -0.2) is 25.5 Å². The summed E-state index contributed by atoms with van der Waals surface area (Å²) in [6.07, 6.45) is 6.75. The molecule has 0 aliphatic heterocycles. The van der Waals surface area contributed by atoms with Gasteiger partial charge in [0, 0.05) is 11.1 Å². The van der Waals surface area contributed by atoms with E-state index in [2.05, 4.69) is 5.32 Å². The molecule has 0 unspecified atom stereocenters. The van der Waals surface area contributed by atoms with E-state index in [0.29, 0.717) is 29.0 Å². The Morgan fingerprint density at radius 3 is 2.40 bits per heavy atom. The summed E-state index contributed by atoms with van der Waals surface area (Å²) in [5.74, 6) is 0.962. The van der Waals surface area contributed by atoms with Crippen LogP contribution in [0.25, 0.3) is 0 Å². The molecule has 0 saturated heterocycles. The molecule has 4 aliphatic rings. The van der Waals surface area contributed by atoms with E-state index >= 15 is 0 Å². The predicted octanol–water partition coefficient (Wildman–Crippen LogP) is 4.26. The van der Waals surface area contributed by atoms with Crippen molar-refractivity contribution in [1.29, 1.82) is 0 Å². The quantitative estimate of drug-likeness (QED) is 0.769. The van der Waals surface area contributed by atoms with Gasteiger partial charge in [0.05, 0.1) is 21.0 Å². The minimum Gasteiger partial charge on any atom is -0.324 e. The van der Waals surface area contributed by atoms with Crippen LogP contribution in [0.15, 0.2) is 23.1 Å². The van der Waals surface area contributed by atoms with Crippen LogP contribution in [0.5, 0.6) is 0 Å². The summed E-state index contributed by atoms with van der Waals surface area (Å²) in [5, 5.41) is 3.24. The lowest BCUT2D eigenvalue weighted by atomic mass is 9.49. The fourth-order valence-electron chi connectivity index (χ4n) is 5.50. The summed E-state index contributed by atoms with van der Waals surface area (Å²) < 4.78 is 23.5. The van der Waals surface area contributed by atoms with Gasteiger partial charge in [0.1, 0.15) is 0 Å². The molecule has 0 spiro atoms. The van der Waals surface area contributed by atoms with Gasteiger partial charge in [-0.3, -0.25) is 4.79 Å². The van der Waals surface area contributed by atoms with Gasteiger partial charge in [0.25, 0.3) is 0 Å². The van der Waals surface area contributed by atoms with E-state index in [4.69, 9.17) is 23.2 Å². The third-order valence-corrected chi connectivity index (χ3v) is 7.97. The molecule has 25 heavy (non-hydrogen) atoms. The standard InChI is InChI=1S/C18H21Cl2NO3S/c1-25(23,24)13-2-3-14(19)15(5-13)21-16(22)17-6-11-4-12(7-17)9-18(20,8-11)10-17/h2-3,5,11-12H,4,6-10H2,1H3,(H,21,22)/t11-,12-,17?,18?/m1/s1. The third kappa shape index (κ3) is 3.08. The second kappa shape index (κ2) is 5.61. The molecule has 0 heterocycles. The summed E-state index contributed by atoms with van der Waals surface area (Å²) in [6, 6.07) is 4.40. The molecule has 1 aromatic carbocycles. The van der Waals surface area contributed by atoms with Gasteiger partial charge in [-0.1, -0.05) is 11.6 Å². The normalized spacial score (nSPS) is 36.4. The number of hydrogen-bond donors (Lipinski definition) is 1. The molecule has 136 valence electrons. The molecule has 4 fully saturated rings. The summed E-state index contributed by atoms with van der Waals surface area (Å²) in [7, 11) is -3.36. The zero-order valence-electron chi connectivity index (χ0n) is 14.0. The van der Waals surface area contributed by atoms with E-state index in [0.717, 1.165) is 31.9 Å². The Morgan fingerprint density at radius 1 is 1.20 bits per heavy atom. The summed E-state index contributed by atoms with van der Waals surface area (Å²) >= 11 is 13.0. The highest BCUT2D eigenvalue weighted by molar-refractivity contribution is 7.90. The number of anilines is 1. The lowest BCUT2D eigenvalue weighted by Crippen LogP contribution is -2.57. The Balaban J connectivity index is 1.63. The maximum atomic E-state index is 13.1. The number of hydrogen-bond acceptors (Lipinski definition) is 3. The second-order valence-corrected chi connectivity index (χ2v) is 11.5.